The van der Waals surface area contributed by atoms with Crippen LogP contribution in [0.5, 0.6) is 0 Å². The summed E-state index contributed by atoms with van der Waals surface area (Å²) in [7, 11) is -3.08. The van der Waals surface area contributed by atoms with Gasteiger partial charge in [0.15, 0.2) is 12.4 Å². The summed E-state index contributed by atoms with van der Waals surface area (Å²) >= 11 is 0. The largest absolute Gasteiger partial charge is 0.464 e. The molecule has 0 aromatic heterocycles. The van der Waals surface area contributed by atoms with E-state index >= 15 is 0 Å². The normalized spacial score (nSPS) is 23.5. The lowest BCUT2D eigenvalue weighted by Gasteiger charge is -2.34. The van der Waals surface area contributed by atoms with E-state index in [0.717, 1.165) is 20.0 Å². The standard InChI is InChI=1S/C11H20O8S/c1-3-17-10(12)11(6-4-5-7-18-11)8-16-9-19-20(13,14)15-2/h3-9H2,1-2H3. The zero-order valence-corrected chi connectivity index (χ0v) is 12.4. The fraction of sp³-hybridized carbons (Fsp3) is 0.909. The minimum absolute atomic E-state index is 0.134. The van der Waals surface area contributed by atoms with Crippen molar-refractivity contribution in [3.63, 3.8) is 0 Å². The molecule has 0 aromatic rings. The molecule has 0 radical (unpaired) electrons. The van der Waals surface area contributed by atoms with Crippen molar-refractivity contribution in [2.24, 2.45) is 0 Å². The Balaban J connectivity index is 2.51. The van der Waals surface area contributed by atoms with Gasteiger partial charge in [0.05, 0.1) is 20.3 Å². The molecule has 9 heteroatoms. The van der Waals surface area contributed by atoms with E-state index < -0.39 is 28.8 Å². The van der Waals surface area contributed by atoms with Crippen molar-refractivity contribution < 1.29 is 35.8 Å². The number of hydrogen-bond donors (Lipinski definition) is 0. The van der Waals surface area contributed by atoms with Crippen LogP contribution in [0.25, 0.3) is 0 Å². The SMILES string of the molecule is CCOC(=O)C1(COCOS(=O)(=O)OC)CCCCO1. The molecule has 0 aliphatic carbocycles. The monoisotopic (exact) mass is 312 g/mol. The van der Waals surface area contributed by atoms with E-state index in [2.05, 4.69) is 8.37 Å². The summed E-state index contributed by atoms with van der Waals surface area (Å²) in [5.41, 5.74) is -1.19. The van der Waals surface area contributed by atoms with Crippen LogP contribution in [0.15, 0.2) is 0 Å². The van der Waals surface area contributed by atoms with Gasteiger partial charge in [-0.3, -0.25) is 4.18 Å². The van der Waals surface area contributed by atoms with E-state index in [1.54, 1.807) is 6.92 Å². The molecular weight excluding hydrogens is 292 g/mol. The molecule has 1 atom stereocenters. The van der Waals surface area contributed by atoms with E-state index in [-0.39, 0.29) is 13.2 Å². The minimum atomic E-state index is -4.05. The Bertz CT molecular complexity index is 399. The lowest BCUT2D eigenvalue weighted by atomic mass is 9.95. The molecule has 20 heavy (non-hydrogen) atoms. The second kappa shape index (κ2) is 7.89. The fourth-order valence-corrected chi connectivity index (χ4v) is 2.08. The van der Waals surface area contributed by atoms with Crippen LogP contribution in [-0.4, -0.2) is 53.7 Å². The Morgan fingerprint density at radius 3 is 2.65 bits per heavy atom. The molecule has 1 unspecified atom stereocenters. The second-order valence-electron chi connectivity index (χ2n) is 4.18. The van der Waals surface area contributed by atoms with Gasteiger partial charge < -0.3 is 14.2 Å². The highest BCUT2D eigenvalue weighted by molar-refractivity contribution is 7.81. The number of esters is 1. The molecule has 0 bridgehead atoms. The van der Waals surface area contributed by atoms with E-state index in [9.17, 15) is 13.2 Å². The van der Waals surface area contributed by atoms with Crippen molar-refractivity contribution in [3.8, 4) is 0 Å². The van der Waals surface area contributed by atoms with Crippen molar-refractivity contribution in [1.29, 1.82) is 0 Å². The van der Waals surface area contributed by atoms with Gasteiger partial charge >= 0.3 is 16.4 Å². The third kappa shape index (κ3) is 4.98. The molecule has 118 valence electrons. The van der Waals surface area contributed by atoms with Crippen LogP contribution in [0.2, 0.25) is 0 Å². The molecule has 8 nitrogen and oxygen atoms in total. The van der Waals surface area contributed by atoms with Crippen molar-refractivity contribution in [1.82, 2.24) is 0 Å². The maximum Gasteiger partial charge on any atom is 0.401 e. The highest BCUT2D eigenvalue weighted by atomic mass is 32.3. The molecule has 1 saturated heterocycles. The zero-order valence-electron chi connectivity index (χ0n) is 11.6. The van der Waals surface area contributed by atoms with Gasteiger partial charge in [0, 0.05) is 6.61 Å². The molecule has 1 fully saturated rings. The second-order valence-corrected chi connectivity index (χ2v) is 5.56. The number of hydrogen-bond acceptors (Lipinski definition) is 8. The van der Waals surface area contributed by atoms with E-state index in [0.29, 0.717) is 13.0 Å². The summed E-state index contributed by atoms with van der Waals surface area (Å²) in [6.45, 7) is 1.67. The van der Waals surface area contributed by atoms with Crippen molar-refractivity contribution in [2.75, 3.05) is 33.7 Å². The van der Waals surface area contributed by atoms with Gasteiger partial charge in [0.1, 0.15) is 0 Å². The summed E-state index contributed by atoms with van der Waals surface area (Å²) in [6.07, 6.45) is 2.12. The first-order valence-corrected chi connectivity index (χ1v) is 7.63. The summed E-state index contributed by atoms with van der Waals surface area (Å²) in [6, 6.07) is 0. The highest BCUT2D eigenvalue weighted by Crippen LogP contribution is 2.27. The van der Waals surface area contributed by atoms with E-state index in [4.69, 9.17) is 14.2 Å². The van der Waals surface area contributed by atoms with E-state index in [1.165, 1.54) is 0 Å². The molecule has 1 aliphatic rings. The van der Waals surface area contributed by atoms with Gasteiger partial charge in [0.2, 0.25) is 0 Å². The van der Waals surface area contributed by atoms with Crippen molar-refractivity contribution in [3.05, 3.63) is 0 Å². The average Bonchev–Trinajstić information content (AvgIpc) is 2.45. The van der Waals surface area contributed by atoms with Gasteiger partial charge in [-0.2, -0.15) is 8.42 Å². The summed E-state index contributed by atoms with van der Waals surface area (Å²) in [5.74, 6) is -0.505. The van der Waals surface area contributed by atoms with Crippen LogP contribution in [0, 0.1) is 0 Å². The van der Waals surface area contributed by atoms with Gasteiger partial charge in [-0.1, -0.05) is 0 Å². The molecule has 1 heterocycles. The predicted molar refractivity (Wildman–Crippen MR) is 67.0 cm³/mol. The van der Waals surface area contributed by atoms with Crippen LogP contribution in [-0.2, 0) is 37.8 Å². The van der Waals surface area contributed by atoms with Gasteiger partial charge in [0.25, 0.3) is 0 Å². The molecule has 0 amide bonds. The topological polar surface area (TPSA) is 97.4 Å². The quantitative estimate of drug-likeness (QED) is 0.360. The molecule has 1 aliphatic heterocycles. The third-order valence-electron chi connectivity index (χ3n) is 2.82. The summed E-state index contributed by atoms with van der Waals surface area (Å²) in [4.78, 5) is 12.0. The number of carbonyl (C=O) groups excluding carboxylic acids is 1. The number of rotatable bonds is 8. The lowest BCUT2D eigenvalue weighted by Crippen LogP contribution is -2.49. The van der Waals surface area contributed by atoms with Gasteiger partial charge in [-0.05, 0) is 26.2 Å². The molecular formula is C11H20O8S. The summed E-state index contributed by atoms with van der Waals surface area (Å²) in [5, 5.41) is 0. The van der Waals surface area contributed by atoms with E-state index in [1.807, 2.05) is 0 Å². The van der Waals surface area contributed by atoms with Crippen LogP contribution in [0.3, 0.4) is 0 Å². The van der Waals surface area contributed by atoms with Crippen LogP contribution < -0.4 is 0 Å². The van der Waals surface area contributed by atoms with Gasteiger partial charge in [-0.25, -0.2) is 8.98 Å². The maximum absolute atomic E-state index is 12.0. The first-order chi connectivity index (χ1) is 9.46. The molecule has 0 saturated carbocycles. The number of carbonyl (C=O) groups is 1. The maximum atomic E-state index is 12.0. The third-order valence-corrected chi connectivity index (χ3v) is 3.61. The van der Waals surface area contributed by atoms with Crippen molar-refractivity contribution >= 4 is 16.4 Å². The Morgan fingerprint density at radius 2 is 2.10 bits per heavy atom. The van der Waals surface area contributed by atoms with Crippen LogP contribution in [0.4, 0.5) is 0 Å². The van der Waals surface area contributed by atoms with Gasteiger partial charge in [-0.15, -0.1) is 0 Å². The lowest BCUT2D eigenvalue weighted by molar-refractivity contribution is -0.192. The predicted octanol–water partition coefficient (Wildman–Crippen LogP) is 0.371. The minimum Gasteiger partial charge on any atom is -0.464 e. The smallest absolute Gasteiger partial charge is 0.401 e. The molecule has 0 aromatic carbocycles. The zero-order chi connectivity index (χ0) is 15.1. The Morgan fingerprint density at radius 1 is 1.35 bits per heavy atom. The van der Waals surface area contributed by atoms with Crippen LogP contribution >= 0.6 is 0 Å². The number of ether oxygens (including phenoxy) is 3. The fourth-order valence-electron chi connectivity index (χ4n) is 1.80. The van der Waals surface area contributed by atoms with Crippen molar-refractivity contribution in [2.45, 2.75) is 31.8 Å². The Kier molecular flexibility index (Phi) is 6.83. The Labute approximate surface area is 118 Å². The molecule has 0 N–H and O–H groups in total. The van der Waals surface area contributed by atoms with Crippen LogP contribution in [0.1, 0.15) is 26.2 Å². The molecule has 1 rings (SSSR count). The average molecular weight is 312 g/mol. The highest BCUT2D eigenvalue weighted by Gasteiger charge is 2.43. The first-order valence-electron chi connectivity index (χ1n) is 6.29. The summed E-state index contributed by atoms with van der Waals surface area (Å²) < 4.78 is 45.9. The first kappa shape index (κ1) is 17.3. The molecule has 0 spiro atoms. The Hall–Kier alpha value is -0.740.